The normalized spacial score (nSPS) is 16.2. The Morgan fingerprint density at radius 3 is 2.71 bits per heavy atom. The summed E-state index contributed by atoms with van der Waals surface area (Å²) in [4.78, 5) is 21.4. The number of hydrogen-bond donors (Lipinski definition) is 2. The van der Waals surface area contributed by atoms with Crippen molar-refractivity contribution < 1.29 is 14.1 Å². The largest absolute Gasteiger partial charge is 0.493 e. The Kier molecular flexibility index (Phi) is 7.85. The Morgan fingerprint density at radius 1 is 1.26 bits per heavy atom. The van der Waals surface area contributed by atoms with E-state index in [0.717, 1.165) is 50.8 Å². The number of nitrogens with zero attached hydrogens (tertiary/aromatic N) is 3. The third-order valence-corrected chi connectivity index (χ3v) is 7.96. The molecular weight excluding hydrogens is 452 g/mol. The molecule has 1 unspecified atom stereocenters. The van der Waals surface area contributed by atoms with Gasteiger partial charge in [-0.1, -0.05) is 13.3 Å². The lowest BCUT2D eigenvalue weighted by atomic mass is 9.95. The molecule has 3 aromatic rings. The van der Waals surface area contributed by atoms with Crippen LogP contribution in [-0.4, -0.2) is 54.5 Å². The van der Waals surface area contributed by atoms with Gasteiger partial charge in [-0.2, -0.15) is 0 Å². The van der Waals surface area contributed by atoms with Gasteiger partial charge in [0.2, 0.25) is 0 Å². The second-order valence-electron chi connectivity index (χ2n) is 8.85. The highest BCUT2D eigenvalue weighted by molar-refractivity contribution is 7.82. The van der Waals surface area contributed by atoms with Crippen molar-refractivity contribution in [2.24, 2.45) is 13.0 Å². The number of rotatable bonds is 9. The van der Waals surface area contributed by atoms with Gasteiger partial charge in [0.15, 0.2) is 0 Å². The highest BCUT2D eigenvalue weighted by Gasteiger charge is 2.25. The monoisotopic (exact) mass is 486 g/mol. The summed E-state index contributed by atoms with van der Waals surface area (Å²) < 4.78 is 23.0. The van der Waals surface area contributed by atoms with Gasteiger partial charge in [0, 0.05) is 32.9 Å². The van der Waals surface area contributed by atoms with E-state index in [1.165, 1.54) is 0 Å². The molecule has 1 aliphatic heterocycles. The van der Waals surface area contributed by atoms with Gasteiger partial charge in [-0.3, -0.25) is 4.79 Å². The molecule has 0 aliphatic carbocycles. The van der Waals surface area contributed by atoms with Crippen LogP contribution in [-0.2, 0) is 24.5 Å². The zero-order valence-corrected chi connectivity index (χ0v) is 21.0. The van der Waals surface area contributed by atoms with Crippen LogP contribution in [0.5, 0.6) is 5.75 Å². The summed E-state index contributed by atoms with van der Waals surface area (Å²) in [6.07, 6.45) is 6.41. The SMILES string of the molecule is CCCc1cn(C)c2c(=O)[nH]c(-c3cc(S(=O)N4CCC(CCO)CC4)ccc3OCC)nc12. The lowest BCUT2D eigenvalue weighted by Gasteiger charge is -2.30. The molecule has 1 aliphatic rings. The summed E-state index contributed by atoms with van der Waals surface area (Å²) in [6.45, 7) is 6.13. The zero-order chi connectivity index (χ0) is 24.2. The number of hydrogen-bond acceptors (Lipinski definition) is 5. The maximum Gasteiger partial charge on any atom is 0.275 e. The van der Waals surface area contributed by atoms with Crippen LogP contribution in [0.15, 0.2) is 34.1 Å². The van der Waals surface area contributed by atoms with Crippen molar-refractivity contribution in [2.75, 3.05) is 26.3 Å². The van der Waals surface area contributed by atoms with Crippen LogP contribution in [0.3, 0.4) is 0 Å². The topological polar surface area (TPSA) is 100 Å². The van der Waals surface area contributed by atoms with Crippen molar-refractivity contribution in [3.8, 4) is 17.1 Å². The number of fused-ring (bicyclic) bond motifs is 1. The first-order chi connectivity index (χ1) is 16.5. The van der Waals surface area contributed by atoms with Crippen molar-refractivity contribution in [3.63, 3.8) is 0 Å². The van der Waals surface area contributed by atoms with Crippen molar-refractivity contribution in [1.29, 1.82) is 0 Å². The summed E-state index contributed by atoms with van der Waals surface area (Å²) in [5.41, 5.74) is 2.72. The molecule has 184 valence electrons. The zero-order valence-electron chi connectivity index (χ0n) is 20.2. The van der Waals surface area contributed by atoms with E-state index < -0.39 is 11.0 Å². The van der Waals surface area contributed by atoms with Crippen molar-refractivity contribution in [2.45, 2.75) is 50.8 Å². The fourth-order valence-corrected chi connectivity index (χ4v) is 5.98. The van der Waals surface area contributed by atoms with E-state index in [-0.39, 0.29) is 12.2 Å². The molecule has 2 aromatic heterocycles. The number of aryl methyl sites for hydroxylation is 2. The van der Waals surface area contributed by atoms with E-state index in [1.54, 1.807) is 0 Å². The number of ether oxygens (including phenoxy) is 1. The Hall–Kier alpha value is -2.49. The third kappa shape index (κ3) is 4.96. The van der Waals surface area contributed by atoms with Crippen molar-refractivity contribution in [1.82, 2.24) is 18.8 Å². The number of aliphatic hydroxyl groups excluding tert-OH is 1. The van der Waals surface area contributed by atoms with Gasteiger partial charge < -0.3 is 19.4 Å². The van der Waals surface area contributed by atoms with Gasteiger partial charge in [-0.15, -0.1) is 0 Å². The van der Waals surface area contributed by atoms with E-state index in [4.69, 9.17) is 9.72 Å². The number of aliphatic hydroxyl groups is 1. The second kappa shape index (κ2) is 10.8. The second-order valence-corrected chi connectivity index (χ2v) is 10.3. The van der Waals surface area contributed by atoms with Gasteiger partial charge in [0.25, 0.3) is 5.56 Å². The number of nitrogens with one attached hydrogen (secondary N) is 1. The van der Waals surface area contributed by atoms with E-state index >= 15 is 0 Å². The summed E-state index contributed by atoms with van der Waals surface area (Å²) in [7, 11) is 0.529. The van der Waals surface area contributed by atoms with E-state index in [0.29, 0.717) is 45.6 Å². The number of H-pyrrole nitrogens is 1. The Bertz CT molecular complexity index is 1230. The molecule has 0 spiro atoms. The van der Waals surface area contributed by atoms with Crippen molar-refractivity contribution in [3.05, 3.63) is 40.3 Å². The summed E-state index contributed by atoms with van der Waals surface area (Å²) >= 11 is 0. The van der Waals surface area contributed by atoms with Gasteiger partial charge in [0.05, 0.1) is 22.6 Å². The average molecular weight is 487 g/mol. The van der Waals surface area contributed by atoms with E-state index in [1.807, 2.05) is 47.2 Å². The highest BCUT2D eigenvalue weighted by Crippen LogP contribution is 2.32. The van der Waals surface area contributed by atoms with Crippen LogP contribution < -0.4 is 10.3 Å². The number of aromatic amines is 1. The Morgan fingerprint density at radius 2 is 2.03 bits per heavy atom. The molecule has 9 heteroatoms. The highest BCUT2D eigenvalue weighted by atomic mass is 32.2. The minimum absolute atomic E-state index is 0.201. The fourth-order valence-electron chi connectivity index (χ4n) is 4.74. The molecule has 0 saturated carbocycles. The predicted molar refractivity (Wildman–Crippen MR) is 134 cm³/mol. The number of aromatic nitrogens is 3. The first-order valence-corrected chi connectivity index (χ1v) is 13.2. The quantitative estimate of drug-likeness (QED) is 0.483. The third-order valence-electron chi connectivity index (χ3n) is 6.47. The number of piperidine rings is 1. The Balaban J connectivity index is 1.72. The van der Waals surface area contributed by atoms with Crippen molar-refractivity contribution >= 4 is 22.0 Å². The number of benzene rings is 1. The van der Waals surface area contributed by atoms with E-state index in [9.17, 15) is 14.1 Å². The average Bonchev–Trinajstić information content (AvgIpc) is 3.15. The van der Waals surface area contributed by atoms with Crippen LogP contribution in [0.25, 0.3) is 22.4 Å². The molecule has 34 heavy (non-hydrogen) atoms. The molecule has 1 saturated heterocycles. The van der Waals surface area contributed by atoms with Crippen LogP contribution in [0, 0.1) is 5.92 Å². The Labute approximate surface area is 202 Å². The molecule has 0 radical (unpaired) electrons. The fraction of sp³-hybridized carbons (Fsp3) is 0.520. The molecule has 0 amide bonds. The first kappa shape index (κ1) is 24.6. The molecule has 1 fully saturated rings. The first-order valence-electron chi connectivity index (χ1n) is 12.1. The van der Waals surface area contributed by atoms with Crippen LogP contribution in [0.2, 0.25) is 0 Å². The molecule has 4 rings (SSSR count). The maximum atomic E-state index is 13.4. The maximum absolute atomic E-state index is 13.4. The molecule has 3 heterocycles. The van der Waals surface area contributed by atoms with Crippen LogP contribution in [0.1, 0.15) is 45.1 Å². The summed E-state index contributed by atoms with van der Waals surface area (Å²) in [6, 6.07) is 5.46. The molecule has 8 nitrogen and oxygen atoms in total. The van der Waals surface area contributed by atoms with Crippen LogP contribution >= 0.6 is 0 Å². The molecule has 2 N–H and O–H groups in total. The van der Waals surface area contributed by atoms with Gasteiger partial charge >= 0.3 is 0 Å². The minimum Gasteiger partial charge on any atom is -0.493 e. The van der Waals surface area contributed by atoms with E-state index in [2.05, 4.69) is 11.9 Å². The summed E-state index contributed by atoms with van der Waals surface area (Å²) in [5.74, 6) is 1.50. The lowest BCUT2D eigenvalue weighted by molar-refractivity contribution is 0.211. The summed E-state index contributed by atoms with van der Waals surface area (Å²) in [5, 5.41) is 9.20. The molecule has 1 aromatic carbocycles. The van der Waals surface area contributed by atoms with Gasteiger partial charge in [0.1, 0.15) is 28.1 Å². The smallest absolute Gasteiger partial charge is 0.275 e. The predicted octanol–water partition coefficient (Wildman–Crippen LogP) is 3.40. The molecular formula is C25H34N4O4S. The van der Waals surface area contributed by atoms with Crippen LogP contribution in [0.4, 0.5) is 0 Å². The standard InChI is InChI=1S/C25H34N4O4S/c1-4-6-18-16-28(3)23-22(18)26-24(27-25(23)31)20-15-19(7-8-21(20)33-5-2)34(32)29-12-9-17(10-13-29)11-14-30/h7-8,15-17,30H,4-6,9-14H2,1-3H3,(H,26,27,31). The molecule has 0 bridgehead atoms. The van der Waals surface area contributed by atoms with Gasteiger partial charge in [-0.25, -0.2) is 13.5 Å². The van der Waals surface area contributed by atoms with Gasteiger partial charge in [-0.05, 0) is 62.3 Å². The minimum atomic E-state index is -1.33. The lowest BCUT2D eigenvalue weighted by Crippen LogP contribution is -2.35. The molecule has 1 atom stereocenters.